The van der Waals surface area contributed by atoms with E-state index in [1.54, 1.807) is 26.2 Å². The first-order valence-electron chi connectivity index (χ1n) is 17.9. The van der Waals surface area contributed by atoms with Crippen LogP contribution in [0.25, 0.3) is 0 Å². The maximum atomic E-state index is 14.2. The van der Waals surface area contributed by atoms with Crippen LogP contribution in [-0.2, 0) is 25.6 Å². The number of carbonyl (C=O) groups is 6. The fraction of sp³-hybridized carbons (Fsp3) is 0.514. The Morgan fingerprint density at radius 1 is 0.963 bits per heavy atom. The van der Waals surface area contributed by atoms with Crippen LogP contribution in [0.5, 0.6) is 0 Å². The number of thiazole rings is 1. The Morgan fingerprint density at radius 3 is 2.28 bits per heavy atom. The average Bonchev–Trinajstić information content (AvgIpc) is 3.76. The van der Waals surface area contributed by atoms with Gasteiger partial charge in [0.25, 0.3) is 11.8 Å². The smallest absolute Gasteiger partial charge is 0.292 e. The van der Waals surface area contributed by atoms with Crippen molar-refractivity contribution in [2.45, 2.75) is 91.0 Å². The first kappa shape index (κ1) is 42.0. The number of hydrogen-bond acceptors (Lipinski definition) is 11. The first-order chi connectivity index (χ1) is 25.7. The van der Waals surface area contributed by atoms with Gasteiger partial charge >= 0.3 is 0 Å². The molecule has 15 nitrogen and oxygen atoms in total. The lowest BCUT2D eigenvalue weighted by molar-refractivity contribution is -0.132. The highest BCUT2D eigenvalue weighted by molar-refractivity contribution is 7.98. The molecule has 292 valence electrons. The summed E-state index contributed by atoms with van der Waals surface area (Å²) < 4.78 is 5.69. The van der Waals surface area contributed by atoms with Crippen molar-refractivity contribution < 1.29 is 33.2 Å². The lowest BCUT2D eigenvalue weighted by Gasteiger charge is -2.30. The molecule has 0 aliphatic carbocycles. The lowest BCUT2D eigenvalue weighted by atomic mass is 10.0. The van der Waals surface area contributed by atoms with Crippen LogP contribution >= 0.6 is 23.1 Å². The van der Waals surface area contributed by atoms with Crippen LogP contribution in [-0.4, -0.2) is 99.6 Å². The Morgan fingerprint density at radius 2 is 1.65 bits per heavy atom. The molecule has 5 N–H and O–H groups in total. The van der Waals surface area contributed by atoms with Gasteiger partial charge in [-0.05, 0) is 56.6 Å². The second-order valence-electron chi connectivity index (χ2n) is 13.6. The molecule has 1 aliphatic rings. The number of carbonyl (C=O) groups excluding carboxylic acids is 6. The molecule has 2 bridgehead atoms. The van der Waals surface area contributed by atoms with Crippen molar-refractivity contribution >= 4 is 58.5 Å². The van der Waals surface area contributed by atoms with Crippen LogP contribution in [0.4, 0.5) is 0 Å². The molecular formula is C37H50N8O7S2. The van der Waals surface area contributed by atoms with Crippen molar-refractivity contribution in [3.8, 4) is 0 Å². The van der Waals surface area contributed by atoms with Crippen LogP contribution < -0.4 is 26.6 Å². The standard InChI is InChI=1S/C37H50N8O7S2/c1-8-26-33(48)42-27(14-15-53-7)34(49)40-25(16-24-12-10-9-11-13-24)17-45(37(51)31-21(4)38-23(6)52-31)18-29(46)44-30(20(2)3)36-43-28(19-54-36)35(50)39-22(5)32(47)41-26/h9-13,19-20,22,25-27,30H,8,14-18H2,1-7H3,(H,39,50)(H,40,49)(H,41,47)(H,42,48)(H,44,46)/t22-,25+,26+,27+,30+/m1/s1. The number of aromatic nitrogens is 2. The minimum absolute atomic E-state index is 0.0291. The minimum atomic E-state index is -1.02. The highest BCUT2D eigenvalue weighted by atomic mass is 32.2. The van der Waals surface area contributed by atoms with Gasteiger partial charge in [0.15, 0.2) is 5.89 Å². The van der Waals surface area contributed by atoms with Gasteiger partial charge in [0, 0.05) is 18.8 Å². The van der Waals surface area contributed by atoms with Gasteiger partial charge in [-0.3, -0.25) is 28.8 Å². The molecule has 17 heteroatoms. The summed E-state index contributed by atoms with van der Waals surface area (Å²) in [5.41, 5.74) is 1.28. The third-order valence-corrected chi connectivity index (χ3v) is 10.4. The summed E-state index contributed by atoms with van der Waals surface area (Å²) in [4.78, 5) is 92.1. The summed E-state index contributed by atoms with van der Waals surface area (Å²) in [5.74, 6) is -2.72. The molecule has 5 atom stereocenters. The Kier molecular flexibility index (Phi) is 15.2. The molecule has 1 aliphatic heterocycles. The van der Waals surface area contributed by atoms with E-state index in [-0.39, 0.29) is 42.6 Å². The summed E-state index contributed by atoms with van der Waals surface area (Å²) in [6, 6.07) is 5.05. The van der Waals surface area contributed by atoms with E-state index >= 15 is 0 Å². The lowest BCUT2D eigenvalue weighted by Crippen LogP contribution is -2.58. The first-order valence-corrected chi connectivity index (χ1v) is 20.2. The van der Waals surface area contributed by atoms with Crippen LogP contribution in [0.3, 0.4) is 0 Å². The predicted molar refractivity (Wildman–Crippen MR) is 206 cm³/mol. The number of thioether (sulfide) groups is 1. The Labute approximate surface area is 323 Å². The fourth-order valence-corrected chi connectivity index (χ4v) is 7.42. The van der Waals surface area contributed by atoms with Crippen molar-refractivity contribution in [3.05, 3.63) is 69.3 Å². The molecule has 2 aromatic heterocycles. The second kappa shape index (κ2) is 19.5. The number of amides is 6. The molecule has 0 radical (unpaired) electrons. The topological polar surface area (TPSA) is 205 Å². The Balaban J connectivity index is 1.78. The summed E-state index contributed by atoms with van der Waals surface area (Å²) in [5, 5.41) is 16.2. The van der Waals surface area contributed by atoms with Gasteiger partial charge < -0.3 is 35.9 Å². The number of fused-ring (bicyclic) bond motifs is 2. The molecule has 54 heavy (non-hydrogen) atoms. The summed E-state index contributed by atoms with van der Waals surface area (Å²) >= 11 is 2.68. The van der Waals surface area contributed by atoms with E-state index in [1.165, 1.54) is 34.9 Å². The van der Waals surface area contributed by atoms with Crippen molar-refractivity contribution in [2.24, 2.45) is 5.92 Å². The van der Waals surface area contributed by atoms with E-state index < -0.39 is 72.2 Å². The molecule has 1 aromatic carbocycles. The van der Waals surface area contributed by atoms with Gasteiger partial charge in [0.1, 0.15) is 35.4 Å². The number of oxazole rings is 1. The quantitative estimate of drug-likeness (QED) is 0.226. The van der Waals surface area contributed by atoms with Crippen LogP contribution in [0, 0.1) is 19.8 Å². The molecule has 4 rings (SSSR count). The van der Waals surface area contributed by atoms with Crippen LogP contribution in [0.1, 0.15) is 89.8 Å². The molecular weight excluding hydrogens is 733 g/mol. The molecule has 0 saturated heterocycles. The van der Waals surface area contributed by atoms with E-state index in [0.29, 0.717) is 22.9 Å². The average molecular weight is 783 g/mol. The SMILES string of the molecule is CC[C@@H]1NC(=O)[C@@H](C)NC(=O)c2csc(n2)[C@H](C(C)C)NC(=O)CN(C(=O)c2oc(C)nc2C)C[C@H](Cc2ccccc2)NC(=O)[C@H](CCSC)NC1=O. The van der Waals surface area contributed by atoms with Crippen molar-refractivity contribution in [2.75, 3.05) is 25.1 Å². The number of rotatable bonds is 8. The van der Waals surface area contributed by atoms with Gasteiger partial charge in [-0.2, -0.15) is 11.8 Å². The Hall–Kier alpha value is -4.77. The van der Waals surface area contributed by atoms with E-state index in [9.17, 15) is 28.8 Å². The molecule has 3 heterocycles. The van der Waals surface area contributed by atoms with E-state index in [1.807, 2.05) is 50.4 Å². The summed E-state index contributed by atoms with van der Waals surface area (Å²) in [6.45, 7) is 9.75. The highest BCUT2D eigenvalue weighted by Crippen LogP contribution is 2.25. The molecule has 6 amide bonds. The number of nitrogens with zero attached hydrogens (tertiary/aromatic N) is 3. The zero-order chi connectivity index (χ0) is 39.5. The van der Waals surface area contributed by atoms with Gasteiger partial charge in [-0.15, -0.1) is 11.3 Å². The maximum Gasteiger partial charge on any atom is 0.292 e. The van der Waals surface area contributed by atoms with Crippen molar-refractivity contribution in [3.63, 3.8) is 0 Å². The van der Waals surface area contributed by atoms with E-state index in [2.05, 4.69) is 36.6 Å². The van der Waals surface area contributed by atoms with E-state index in [4.69, 9.17) is 4.42 Å². The zero-order valence-electron chi connectivity index (χ0n) is 31.7. The van der Waals surface area contributed by atoms with Crippen LogP contribution in [0.2, 0.25) is 0 Å². The van der Waals surface area contributed by atoms with Crippen LogP contribution in [0.15, 0.2) is 40.1 Å². The highest BCUT2D eigenvalue weighted by Gasteiger charge is 2.33. The van der Waals surface area contributed by atoms with Gasteiger partial charge in [0.05, 0.1) is 17.8 Å². The summed E-state index contributed by atoms with van der Waals surface area (Å²) in [7, 11) is 0. The maximum absolute atomic E-state index is 14.2. The number of hydrogen-bond donors (Lipinski definition) is 5. The van der Waals surface area contributed by atoms with Gasteiger partial charge in [-0.1, -0.05) is 51.1 Å². The molecule has 0 spiro atoms. The normalized spacial score (nSPS) is 22.4. The second-order valence-corrected chi connectivity index (χ2v) is 15.5. The fourth-order valence-electron chi connectivity index (χ4n) is 5.92. The van der Waals surface area contributed by atoms with Crippen molar-refractivity contribution in [1.82, 2.24) is 41.5 Å². The zero-order valence-corrected chi connectivity index (χ0v) is 33.3. The molecule has 3 aromatic rings. The largest absolute Gasteiger partial charge is 0.436 e. The number of nitrogens with one attached hydrogen (secondary N) is 5. The third kappa shape index (κ3) is 11.4. The predicted octanol–water partition coefficient (Wildman–Crippen LogP) is 2.70. The monoisotopic (exact) mass is 782 g/mol. The van der Waals surface area contributed by atoms with Gasteiger partial charge in [-0.25, -0.2) is 9.97 Å². The molecule has 0 unspecified atom stereocenters. The number of aryl methyl sites for hydroxylation is 2. The minimum Gasteiger partial charge on any atom is -0.436 e. The van der Waals surface area contributed by atoms with E-state index in [0.717, 1.165) is 5.56 Å². The summed E-state index contributed by atoms with van der Waals surface area (Å²) in [6.07, 6.45) is 2.67. The third-order valence-electron chi connectivity index (χ3n) is 8.86. The van der Waals surface area contributed by atoms with Gasteiger partial charge in [0.2, 0.25) is 29.4 Å². The molecule has 0 fully saturated rings. The van der Waals surface area contributed by atoms with Crippen molar-refractivity contribution in [1.29, 1.82) is 0 Å². The Bertz CT molecular complexity index is 1800. The molecule has 0 saturated carbocycles. The number of benzene rings is 1.